The Kier molecular flexibility index (Phi) is 5.06. The van der Waals surface area contributed by atoms with E-state index in [4.69, 9.17) is 5.73 Å². The van der Waals surface area contributed by atoms with Crippen molar-refractivity contribution in [3.63, 3.8) is 0 Å². The van der Waals surface area contributed by atoms with Gasteiger partial charge >= 0.3 is 0 Å². The smallest absolute Gasteiger partial charge is 0.246 e. The van der Waals surface area contributed by atoms with E-state index in [-0.39, 0.29) is 24.5 Å². The van der Waals surface area contributed by atoms with Crippen molar-refractivity contribution in [2.45, 2.75) is 11.4 Å². The third-order valence-corrected chi connectivity index (χ3v) is 4.91. The summed E-state index contributed by atoms with van der Waals surface area (Å²) < 4.78 is 40.1. The highest BCUT2D eigenvalue weighted by atomic mass is 32.2. The second-order valence-corrected chi connectivity index (χ2v) is 6.45. The van der Waals surface area contributed by atoms with Gasteiger partial charge in [-0.1, -0.05) is 42.5 Å². The van der Waals surface area contributed by atoms with Gasteiger partial charge in [0.2, 0.25) is 10.0 Å². The summed E-state index contributed by atoms with van der Waals surface area (Å²) in [6.07, 6.45) is 0. The van der Waals surface area contributed by atoms with Crippen molar-refractivity contribution in [1.29, 1.82) is 0 Å². The van der Waals surface area contributed by atoms with Gasteiger partial charge in [0.05, 0.1) is 0 Å². The zero-order chi connectivity index (χ0) is 15.3. The summed E-state index contributed by atoms with van der Waals surface area (Å²) in [6, 6.07) is 14.5. The lowest BCUT2D eigenvalue weighted by atomic mass is 10.2. The van der Waals surface area contributed by atoms with Crippen LogP contribution in [0.3, 0.4) is 0 Å². The topological polar surface area (TPSA) is 63.4 Å². The third-order valence-electron chi connectivity index (χ3n) is 3.03. The Morgan fingerprint density at radius 1 is 1.00 bits per heavy atom. The fraction of sp³-hybridized carbons (Fsp3) is 0.200. The molecule has 21 heavy (non-hydrogen) atoms. The summed E-state index contributed by atoms with van der Waals surface area (Å²) in [6.45, 7) is 0.459. The molecule has 2 rings (SSSR count). The van der Waals surface area contributed by atoms with Crippen molar-refractivity contribution in [2.75, 3.05) is 13.1 Å². The van der Waals surface area contributed by atoms with Crippen LogP contribution < -0.4 is 5.73 Å². The van der Waals surface area contributed by atoms with Crippen LogP contribution in [0.4, 0.5) is 4.39 Å². The molecule has 0 atom stereocenters. The average molecular weight is 308 g/mol. The van der Waals surface area contributed by atoms with E-state index in [9.17, 15) is 12.8 Å². The molecular weight excluding hydrogens is 291 g/mol. The van der Waals surface area contributed by atoms with Crippen LogP contribution in [-0.4, -0.2) is 25.8 Å². The lowest BCUT2D eigenvalue weighted by Crippen LogP contribution is -2.35. The van der Waals surface area contributed by atoms with Crippen molar-refractivity contribution < 1.29 is 12.8 Å². The molecule has 0 aliphatic carbocycles. The zero-order valence-corrected chi connectivity index (χ0v) is 12.3. The minimum Gasteiger partial charge on any atom is -0.329 e. The Morgan fingerprint density at radius 2 is 1.62 bits per heavy atom. The van der Waals surface area contributed by atoms with E-state index in [2.05, 4.69) is 0 Å². The van der Waals surface area contributed by atoms with Crippen LogP contribution in [0.5, 0.6) is 0 Å². The van der Waals surface area contributed by atoms with Crippen molar-refractivity contribution in [1.82, 2.24) is 4.31 Å². The molecule has 0 aromatic heterocycles. The summed E-state index contributed by atoms with van der Waals surface area (Å²) in [5.74, 6) is -0.757. The lowest BCUT2D eigenvalue weighted by Gasteiger charge is -2.22. The van der Waals surface area contributed by atoms with E-state index >= 15 is 0 Å². The second-order valence-electron chi connectivity index (χ2n) is 4.54. The molecule has 0 spiro atoms. The fourth-order valence-corrected chi connectivity index (χ4v) is 3.52. The fourth-order valence-electron chi connectivity index (χ4n) is 2.01. The number of rotatable bonds is 6. The number of nitrogens with two attached hydrogens (primary N) is 1. The second kappa shape index (κ2) is 6.80. The lowest BCUT2D eigenvalue weighted by molar-refractivity contribution is 0.410. The number of halogens is 1. The van der Waals surface area contributed by atoms with E-state index in [0.29, 0.717) is 0 Å². The van der Waals surface area contributed by atoms with Crippen LogP contribution in [0.25, 0.3) is 0 Å². The molecule has 2 N–H and O–H groups in total. The Balaban J connectivity index is 2.35. The van der Waals surface area contributed by atoms with Gasteiger partial charge in [-0.2, -0.15) is 4.31 Å². The van der Waals surface area contributed by atoms with E-state index in [1.165, 1.54) is 22.5 Å². The standard InChI is InChI=1S/C15H17FN2O2S/c16-14-8-4-5-9-15(14)21(19,20)18(11-10-17)12-13-6-2-1-3-7-13/h1-9H,10-12,17H2. The molecule has 0 bridgehead atoms. The minimum absolute atomic E-state index is 0.131. The van der Waals surface area contributed by atoms with E-state index in [1.54, 1.807) is 0 Å². The van der Waals surface area contributed by atoms with Crippen LogP contribution >= 0.6 is 0 Å². The molecule has 0 saturated carbocycles. The Hall–Kier alpha value is -1.76. The van der Waals surface area contributed by atoms with E-state index in [0.717, 1.165) is 11.6 Å². The Bertz CT molecular complexity index is 690. The predicted molar refractivity (Wildman–Crippen MR) is 79.5 cm³/mol. The van der Waals surface area contributed by atoms with Crippen LogP contribution in [0.2, 0.25) is 0 Å². The van der Waals surface area contributed by atoms with Crippen LogP contribution in [-0.2, 0) is 16.6 Å². The van der Waals surface area contributed by atoms with Crippen molar-refractivity contribution >= 4 is 10.0 Å². The van der Waals surface area contributed by atoms with Crippen LogP contribution in [0.1, 0.15) is 5.56 Å². The highest BCUT2D eigenvalue weighted by Crippen LogP contribution is 2.20. The SMILES string of the molecule is NCCN(Cc1ccccc1)S(=O)(=O)c1ccccc1F. The maximum absolute atomic E-state index is 13.8. The maximum Gasteiger partial charge on any atom is 0.246 e. The zero-order valence-electron chi connectivity index (χ0n) is 11.4. The van der Waals surface area contributed by atoms with Gasteiger partial charge in [0.25, 0.3) is 0 Å². The van der Waals surface area contributed by atoms with Gasteiger partial charge in [0.15, 0.2) is 0 Å². The van der Waals surface area contributed by atoms with Crippen molar-refractivity contribution in [3.05, 3.63) is 66.0 Å². The summed E-state index contributed by atoms with van der Waals surface area (Å²) >= 11 is 0. The normalized spacial score (nSPS) is 11.8. The quantitative estimate of drug-likeness (QED) is 0.887. The van der Waals surface area contributed by atoms with Crippen LogP contribution in [0, 0.1) is 5.82 Å². The summed E-state index contributed by atoms with van der Waals surface area (Å²) in [7, 11) is -3.91. The van der Waals surface area contributed by atoms with Crippen LogP contribution in [0.15, 0.2) is 59.5 Å². The number of hydrogen-bond acceptors (Lipinski definition) is 3. The molecule has 0 saturated heterocycles. The minimum atomic E-state index is -3.91. The maximum atomic E-state index is 13.8. The molecule has 0 aliphatic heterocycles. The number of hydrogen-bond donors (Lipinski definition) is 1. The molecule has 6 heteroatoms. The van der Waals surface area contributed by atoms with Gasteiger partial charge in [-0.15, -0.1) is 0 Å². The van der Waals surface area contributed by atoms with Gasteiger partial charge < -0.3 is 5.73 Å². The molecule has 112 valence electrons. The van der Waals surface area contributed by atoms with Gasteiger partial charge in [0, 0.05) is 19.6 Å². The first kappa shape index (κ1) is 15.6. The molecule has 0 fully saturated rings. The summed E-state index contributed by atoms with van der Waals surface area (Å²) in [5, 5.41) is 0. The first-order chi connectivity index (χ1) is 10.1. The van der Waals surface area contributed by atoms with Crippen molar-refractivity contribution in [2.24, 2.45) is 5.73 Å². The average Bonchev–Trinajstić information content (AvgIpc) is 2.48. The summed E-state index contributed by atoms with van der Waals surface area (Å²) in [5.41, 5.74) is 6.32. The summed E-state index contributed by atoms with van der Waals surface area (Å²) in [4.78, 5) is -0.325. The molecule has 0 radical (unpaired) electrons. The molecule has 2 aromatic rings. The molecule has 0 aliphatic rings. The number of sulfonamides is 1. The largest absolute Gasteiger partial charge is 0.329 e. The highest BCUT2D eigenvalue weighted by Gasteiger charge is 2.26. The Morgan fingerprint density at radius 3 is 2.24 bits per heavy atom. The monoisotopic (exact) mass is 308 g/mol. The molecule has 0 heterocycles. The third kappa shape index (κ3) is 3.66. The van der Waals surface area contributed by atoms with Gasteiger partial charge in [0.1, 0.15) is 10.7 Å². The molecule has 0 unspecified atom stereocenters. The Labute approximate surface area is 124 Å². The molecule has 2 aromatic carbocycles. The van der Waals surface area contributed by atoms with E-state index < -0.39 is 15.8 Å². The molecule has 4 nitrogen and oxygen atoms in total. The highest BCUT2D eigenvalue weighted by molar-refractivity contribution is 7.89. The van der Waals surface area contributed by atoms with Gasteiger partial charge in [-0.25, -0.2) is 12.8 Å². The first-order valence-corrected chi connectivity index (χ1v) is 7.98. The number of nitrogens with zero attached hydrogens (tertiary/aromatic N) is 1. The molecular formula is C15H17FN2O2S. The van der Waals surface area contributed by atoms with Gasteiger partial charge in [-0.3, -0.25) is 0 Å². The van der Waals surface area contributed by atoms with E-state index in [1.807, 2.05) is 30.3 Å². The van der Waals surface area contributed by atoms with Gasteiger partial charge in [-0.05, 0) is 17.7 Å². The molecule has 0 amide bonds. The number of benzene rings is 2. The predicted octanol–water partition coefficient (Wildman–Crippen LogP) is 1.98. The first-order valence-electron chi connectivity index (χ1n) is 6.54. The van der Waals surface area contributed by atoms with Crippen molar-refractivity contribution in [3.8, 4) is 0 Å².